The van der Waals surface area contributed by atoms with Crippen molar-refractivity contribution in [1.29, 1.82) is 0 Å². The summed E-state index contributed by atoms with van der Waals surface area (Å²) in [6.45, 7) is 3.76. The normalized spacial score (nSPS) is 48.3. The highest BCUT2D eigenvalue weighted by atomic mass is 16.1. The van der Waals surface area contributed by atoms with E-state index in [0.717, 1.165) is 12.8 Å². The van der Waals surface area contributed by atoms with Crippen LogP contribution in [0.1, 0.15) is 19.3 Å². The molecule has 0 aromatic rings. The SMILES string of the molecule is C=CC12CC(=O)C(CC1N)C2. The molecule has 0 spiro atoms. The van der Waals surface area contributed by atoms with E-state index in [4.69, 9.17) is 5.73 Å². The molecular formula is C9H13NO. The second kappa shape index (κ2) is 1.95. The monoisotopic (exact) mass is 151 g/mol. The van der Waals surface area contributed by atoms with Crippen molar-refractivity contribution in [3.05, 3.63) is 12.7 Å². The Bertz CT molecular complexity index is 224. The first-order valence-corrected chi connectivity index (χ1v) is 4.10. The molecule has 2 nitrogen and oxygen atoms in total. The van der Waals surface area contributed by atoms with Gasteiger partial charge in [0.15, 0.2) is 0 Å². The van der Waals surface area contributed by atoms with Crippen molar-refractivity contribution in [2.45, 2.75) is 25.3 Å². The summed E-state index contributed by atoms with van der Waals surface area (Å²) in [5, 5.41) is 0. The quantitative estimate of drug-likeness (QED) is 0.565. The van der Waals surface area contributed by atoms with Crippen LogP contribution in [0, 0.1) is 11.3 Å². The second-order valence-electron chi connectivity index (χ2n) is 3.82. The summed E-state index contributed by atoms with van der Waals surface area (Å²) in [5.41, 5.74) is 5.88. The molecule has 3 atom stereocenters. The summed E-state index contributed by atoms with van der Waals surface area (Å²) >= 11 is 0. The maximum absolute atomic E-state index is 11.2. The molecule has 0 aromatic heterocycles. The molecule has 0 heterocycles. The van der Waals surface area contributed by atoms with Crippen LogP contribution in [-0.4, -0.2) is 11.8 Å². The minimum atomic E-state index is -0.0260. The molecule has 2 aliphatic carbocycles. The summed E-state index contributed by atoms with van der Waals surface area (Å²) in [6.07, 6.45) is 4.37. The van der Waals surface area contributed by atoms with Gasteiger partial charge in [-0.05, 0) is 12.8 Å². The molecule has 60 valence electrons. The molecule has 0 radical (unpaired) electrons. The minimum absolute atomic E-state index is 0.0260. The van der Waals surface area contributed by atoms with Crippen LogP contribution in [0.3, 0.4) is 0 Å². The Kier molecular flexibility index (Phi) is 1.25. The van der Waals surface area contributed by atoms with Crippen LogP contribution in [-0.2, 0) is 4.79 Å². The van der Waals surface area contributed by atoms with Crippen molar-refractivity contribution < 1.29 is 4.79 Å². The Morgan fingerprint density at radius 1 is 1.73 bits per heavy atom. The summed E-state index contributed by atoms with van der Waals surface area (Å²) in [6, 6.07) is 0.183. The predicted octanol–water partition coefficient (Wildman–Crippen LogP) is 0.869. The molecule has 11 heavy (non-hydrogen) atoms. The molecular weight excluding hydrogens is 138 g/mol. The molecule has 2 heteroatoms. The number of Topliss-reactive ketones (excluding diaryl/α,β-unsaturated/α-hetero) is 1. The summed E-state index contributed by atoms with van der Waals surface area (Å²) in [5.74, 6) is 0.648. The van der Waals surface area contributed by atoms with Crippen LogP contribution in [0.5, 0.6) is 0 Å². The smallest absolute Gasteiger partial charge is 0.136 e. The lowest BCUT2D eigenvalue weighted by molar-refractivity contribution is -0.122. The lowest BCUT2D eigenvalue weighted by atomic mass is 9.80. The third-order valence-corrected chi connectivity index (χ3v) is 3.27. The van der Waals surface area contributed by atoms with E-state index in [9.17, 15) is 4.79 Å². The first-order valence-electron chi connectivity index (χ1n) is 4.10. The molecule has 0 aromatic carbocycles. The predicted molar refractivity (Wildman–Crippen MR) is 43.0 cm³/mol. The van der Waals surface area contributed by atoms with Gasteiger partial charge < -0.3 is 5.73 Å². The zero-order valence-electron chi connectivity index (χ0n) is 6.55. The van der Waals surface area contributed by atoms with Gasteiger partial charge in [-0.3, -0.25) is 4.79 Å². The fraction of sp³-hybridized carbons (Fsp3) is 0.667. The van der Waals surface area contributed by atoms with Gasteiger partial charge in [-0.15, -0.1) is 6.58 Å². The fourth-order valence-corrected chi connectivity index (χ4v) is 2.46. The number of nitrogens with two attached hydrogens (primary N) is 1. The van der Waals surface area contributed by atoms with E-state index in [1.54, 1.807) is 0 Å². The van der Waals surface area contributed by atoms with Crippen molar-refractivity contribution in [2.75, 3.05) is 0 Å². The van der Waals surface area contributed by atoms with Gasteiger partial charge in [0, 0.05) is 23.8 Å². The van der Waals surface area contributed by atoms with E-state index in [-0.39, 0.29) is 17.4 Å². The Labute approximate surface area is 66.5 Å². The number of fused-ring (bicyclic) bond motifs is 2. The van der Waals surface area contributed by atoms with Crippen LogP contribution in [0.25, 0.3) is 0 Å². The van der Waals surface area contributed by atoms with Crippen molar-refractivity contribution in [2.24, 2.45) is 17.1 Å². The van der Waals surface area contributed by atoms with Crippen molar-refractivity contribution >= 4 is 5.78 Å². The molecule has 2 bridgehead atoms. The minimum Gasteiger partial charge on any atom is -0.327 e. The molecule has 0 saturated heterocycles. The van der Waals surface area contributed by atoms with Crippen LogP contribution in [0.15, 0.2) is 12.7 Å². The van der Waals surface area contributed by atoms with Gasteiger partial charge >= 0.3 is 0 Å². The maximum Gasteiger partial charge on any atom is 0.136 e. The average Bonchev–Trinajstić information content (AvgIpc) is 2.43. The summed E-state index contributed by atoms with van der Waals surface area (Å²) in [4.78, 5) is 11.2. The summed E-state index contributed by atoms with van der Waals surface area (Å²) < 4.78 is 0. The van der Waals surface area contributed by atoms with Gasteiger partial charge in [0.25, 0.3) is 0 Å². The second-order valence-corrected chi connectivity index (χ2v) is 3.82. The number of ketones is 1. The van der Waals surface area contributed by atoms with E-state index in [1.165, 1.54) is 0 Å². The standard InChI is InChI=1S/C9H13NO/c1-2-9-4-6(3-8(9)10)7(11)5-9/h2,6,8H,1,3-5,10H2. The van der Waals surface area contributed by atoms with Crippen LogP contribution in [0.2, 0.25) is 0 Å². The first kappa shape index (κ1) is 7.04. The Morgan fingerprint density at radius 3 is 2.82 bits per heavy atom. The number of hydrogen-bond donors (Lipinski definition) is 1. The fourth-order valence-electron chi connectivity index (χ4n) is 2.46. The van der Waals surface area contributed by atoms with Crippen molar-refractivity contribution in [3.8, 4) is 0 Å². The van der Waals surface area contributed by atoms with Gasteiger partial charge in [0.1, 0.15) is 5.78 Å². The highest BCUT2D eigenvalue weighted by Crippen LogP contribution is 2.51. The Hall–Kier alpha value is -0.630. The lowest BCUT2D eigenvalue weighted by Crippen LogP contribution is -2.38. The van der Waals surface area contributed by atoms with Gasteiger partial charge in [-0.25, -0.2) is 0 Å². The number of rotatable bonds is 1. The Balaban J connectivity index is 2.33. The topological polar surface area (TPSA) is 43.1 Å². The molecule has 0 aliphatic heterocycles. The highest BCUT2D eigenvalue weighted by molar-refractivity contribution is 5.86. The third-order valence-electron chi connectivity index (χ3n) is 3.27. The van der Waals surface area contributed by atoms with E-state index < -0.39 is 0 Å². The zero-order valence-corrected chi connectivity index (χ0v) is 6.55. The van der Waals surface area contributed by atoms with Gasteiger partial charge in [0.05, 0.1) is 0 Å². The van der Waals surface area contributed by atoms with Crippen molar-refractivity contribution in [1.82, 2.24) is 0 Å². The maximum atomic E-state index is 11.2. The van der Waals surface area contributed by atoms with E-state index in [0.29, 0.717) is 12.2 Å². The molecule has 2 saturated carbocycles. The molecule has 2 aliphatic rings. The highest BCUT2D eigenvalue weighted by Gasteiger charge is 2.53. The van der Waals surface area contributed by atoms with Gasteiger partial charge in [-0.2, -0.15) is 0 Å². The molecule has 2 fully saturated rings. The van der Waals surface area contributed by atoms with Crippen LogP contribution >= 0.6 is 0 Å². The van der Waals surface area contributed by atoms with Crippen LogP contribution in [0.4, 0.5) is 0 Å². The van der Waals surface area contributed by atoms with Gasteiger partial charge in [0.2, 0.25) is 0 Å². The van der Waals surface area contributed by atoms with E-state index in [2.05, 4.69) is 6.58 Å². The van der Waals surface area contributed by atoms with E-state index >= 15 is 0 Å². The van der Waals surface area contributed by atoms with Crippen molar-refractivity contribution in [3.63, 3.8) is 0 Å². The average molecular weight is 151 g/mol. The molecule has 2 N–H and O–H groups in total. The largest absolute Gasteiger partial charge is 0.327 e. The summed E-state index contributed by atoms with van der Waals surface area (Å²) in [7, 11) is 0. The van der Waals surface area contributed by atoms with Gasteiger partial charge in [-0.1, -0.05) is 6.08 Å². The molecule has 3 unspecified atom stereocenters. The van der Waals surface area contributed by atoms with Crippen LogP contribution < -0.4 is 5.73 Å². The first-order chi connectivity index (χ1) is 5.18. The number of hydrogen-bond acceptors (Lipinski definition) is 2. The Morgan fingerprint density at radius 2 is 2.45 bits per heavy atom. The number of carbonyl (C=O) groups excluding carboxylic acids is 1. The number of carbonyl (C=O) groups is 1. The lowest BCUT2D eigenvalue weighted by Gasteiger charge is -2.27. The zero-order chi connectivity index (χ0) is 8.06. The molecule has 0 amide bonds. The third kappa shape index (κ3) is 0.732. The molecule has 2 rings (SSSR count). The van der Waals surface area contributed by atoms with E-state index in [1.807, 2.05) is 6.08 Å².